The van der Waals surface area contributed by atoms with Crippen LogP contribution in [0.1, 0.15) is 29.9 Å². The van der Waals surface area contributed by atoms with Gasteiger partial charge in [-0.15, -0.1) is 0 Å². The number of aromatic nitrogens is 2. The number of imidazole rings is 1. The first kappa shape index (κ1) is 11.1. The van der Waals surface area contributed by atoms with Gasteiger partial charge in [0.25, 0.3) is 5.91 Å². The number of hydrogen-bond donors (Lipinski definition) is 2. The second-order valence-electron chi connectivity index (χ2n) is 4.20. The van der Waals surface area contributed by atoms with E-state index in [0.29, 0.717) is 18.4 Å². The minimum Gasteiger partial charge on any atom is -0.349 e. The van der Waals surface area contributed by atoms with Crippen LogP contribution in [0.15, 0.2) is 12.4 Å². The lowest BCUT2D eigenvalue weighted by molar-refractivity contribution is 0.0939. The van der Waals surface area contributed by atoms with E-state index in [4.69, 9.17) is 0 Å². The Balaban J connectivity index is 1.73. The van der Waals surface area contributed by atoms with Gasteiger partial charge in [-0.3, -0.25) is 4.79 Å². The number of nitrogens with zero attached hydrogens (tertiary/aromatic N) is 2. The highest BCUT2D eigenvalue weighted by atomic mass is 16.2. The molecule has 1 saturated heterocycles. The van der Waals surface area contributed by atoms with Crippen LogP contribution in [0.3, 0.4) is 0 Å². The summed E-state index contributed by atoms with van der Waals surface area (Å²) in [6, 6.07) is 0.571. The van der Waals surface area contributed by atoms with Gasteiger partial charge in [0.05, 0.1) is 0 Å². The van der Waals surface area contributed by atoms with Gasteiger partial charge in [0, 0.05) is 32.0 Å². The summed E-state index contributed by atoms with van der Waals surface area (Å²) in [6.45, 7) is 1.82. The van der Waals surface area contributed by atoms with Crippen LogP contribution in [-0.2, 0) is 7.05 Å². The van der Waals surface area contributed by atoms with Crippen LogP contribution in [-0.4, -0.2) is 34.6 Å². The normalized spacial score (nSPS) is 19.9. The fraction of sp³-hybridized carbons (Fsp3) is 0.636. The highest BCUT2D eigenvalue weighted by Crippen LogP contribution is 2.07. The van der Waals surface area contributed by atoms with Gasteiger partial charge in [-0.25, -0.2) is 4.98 Å². The minimum absolute atomic E-state index is 0.0921. The molecule has 1 aromatic rings. The van der Waals surface area contributed by atoms with Crippen molar-refractivity contribution in [1.82, 2.24) is 20.2 Å². The highest BCUT2D eigenvalue weighted by Gasteiger charge is 2.15. The molecule has 2 rings (SSSR count). The Morgan fingerprint density at radius 2 is 2.62 bits per heavy atom. The van der Waals surface area contributed by atoms with Gasteiger partial charge in [-0.1, -0.05) is 0 Å². The summed E-state index contributed by atoms with van der Waals surface area (Å²) in [7, 11) is 1.82. The second kappa shape index (κ2) is 5.12. The predicted molar refractivity (Wildman–Crippen MR) is 61.2 cm³/mol. The fourth-order valence-electron chi connectivity index (χ4n) is 2.03. The maximum Gasteiger partial charge on any atom is 0.287 e. The van der Waals surface area contributed by atoms with Crippen molar-refractivity contribution in [2.75, 3.05) is 13.1 Å². The van der Waals surface area contributed by atoms with E-state index in [2.05, 4.69) is 15.6 Å². The van der Waals surface area contributed by atoms with Crippen molar-refractivity contribution < 1.29 is 4.79 Å². The van der Waals surface area contributed by atoms with Crippen LogP contribution < -0.4 is 10.6 Å². The van der Waals surface area contributed by atoms with E-state index >= 15 is 0 Å². The molecule has 1 aromatic heterocycles. The molecule has 0 unspecified atom stereocenters. The van der Waals surface area contributed by atoms with Gasteiger partial charge < -0.3 is 15.2 Å². The van der Waals surface area contributed by atoms with Gasteiger partial charge in [-0.2, -0.15) is 0 Å². The van der Waals surface area contributed by atoms with Crippen molar-refractivity contribution in [2.45, 2.75) is 25.3 Å². The van der Waals surface area contributed by atoms with Crippen molar-refractivity contribution in [3.8, 4) is 0 Å². The van der Waals surface area contributed by atoms with Crippen LogP contribution in [0.4, 0.5) is 0 Å². The van der Waals surface area contributed by atoms with E-state index in [1.807, 2.05) is 7.05 Å². The van der Waals surface area contributed by atoms with Crippen LogP contribution in [0, 0.1) is 0 Å². The summed E-state index contributed by atoms with van der Waals surface area (Å²) in [6.07, 6.45) is 6.87. The SMILES string of the molecule is Cn1ccnc1C(=O)NCC[C@@H]1CCCN1. The Hall–Kier alpha value is -1.36. The first-order valence-electron chi connectivity index (χ1n) is 5.76. The molecule has 5 heteroatoms. The highest BCUT2D eigenvalue weighted by molar-refractivity contribution is 5.90. The zero-order chi connectivity index (χ0) is 11.4. The van der Waals surface area contributed by atoms with Crippen molar-refractivity contribution >= 4 is 5.91 Å². The molecule has 16 heavy (non-hydrogen) atoms. The molecule has 0 bridgehead atoms. The van der Waals surface area contributed by atoms with Crippen LogP contribution in [0.25, 0.3) is 0 Å². The van der Waals surface area contributed by atoms with Crippen LogP contribution in [0.2, 0.25) is 0 Å². The molecule has 2 N–H and O–H groups in total. The maximum atomic E-state index is 11.7. The molecular weight excluding hydrogens is 204 g/mol. The first-order valence-corrected chi connectivity index (χ1v) is 5.76. The lowest BCUT2D eigenvalue weighted by atomic mass is 10.1. The third kappa shape index (κ3) is 2.61. The molecule has 1 amide bonds. The lowest BCUT2D eigenvalue weighted by Gasteiger charge is -2.10. The van der Waals surface area contributed by atoms with E-state index in [0.717, 1.165) is 13.0 Å². The van der Waals surface area contributed by atoms with E-state index in [1.54, 1.807) is 17.0 Å². The van der Waals surface area contributed by atoms with Gasteiger partial charge in [0.2, 0.25) is 0 Å². The number of nitrogens with one attached hydrogen (secondary N) is 2. The van der Waals surface area contributed by atoms with Crippen molar-refractivity contribution in [3.05, 3.63) is 18.2 Å². The molecule has 1 atom stereocenters. The number of carbonyl (C=O) groups is 1. The molecule has 2 heterocycles. The van der Waals surface area contributed by atoms with Gasteiger partial charge >= 0.3 is 0 Å². The predicted octanol–water partition coefficient (Wildman–Crippen LogP) is 0.292. The molecule has 88 valence electrons. The second-order valence-corrected chi connectivity index (χ2v) is 4.20. The average Bonchev–Trinajstić information content (AvgIpc) is 2.88. The number of carbonyl (C=O) groups excluding carboxylic acids is 1. The summed E-state index contributed by atoms with van der Waals surface area (Å²) >= 11 is 0. The number of aryl methyl sites for hydroxylation is 1. The van der Waals surface area contributed by atoms with Crippen molar-refractivity contribution in [1.29, 1.82) is 0 Å². The largest absolute Gasteiger partial charge is 0.349 e. The first-order chi connectivity index (χ1) is 7.77. The number of hydrogen-bond acceptors (Lipinski definition) is 3. The van der Waals surface area contributed by atoms with E-state index in [-0.39, 0.29) is 5.91 Å². The molecule has 1 fully saturated rings. The summed E-state index contributed by atoms with van der Waals surface area (Å²) in [5.41, 5.74) is 0. The molecule has 5 nitrogen and oxygen atoms in total. The van der Waals surface area contributed by atoms with Gasteiger partial charge in [-0.05, 0) is 25.8 Å². The van der Waals surface area contributed by atoms with Crippen molar-refractivity contribution in [2.24, 2.45) is 7.05 Å². The quantitative estimate of drug-likeness (QED) is 0.770. The standard InChI is InChI=1S/C11H18N4O/c1-15-8-7-13-10(15)11(16)14-6-4-9-3-2-5-12-9/h7-9,12H,2-6H2,1H3,(H,14,16)/t9-/m0/s1. The Labute approximate surface area is 95.2 Å². The third-order valence-electron chi connectivity index (χ3n) is 2.97. The van der Waals surface area contributed by atoms with Gasteiger partial charge in [0.15, 0.2) is 5.82 Å². The molecule has 0 aliphatic carbocycles. The van der Waals surface area contributed by atoms with E-state index < -0.39 is 0 Å². The molecule has 0 aromatic carbocycles. The number of amides is 1. The summed E-state index contributed by atoms with van der Waals surface area (Å²) in [4.78, 5) is 15.7. The zero-order valence-electron chi connectivity index (χ0n) is 9.57. The minimum atomic E-state index is -0.0921. The Morgan fingerprint density at radius 3 is 3.25 bits per heavy atom. The summed E-state index contributed by atoms with van der Waals surface area (Å²) in [5, 5.41) is 6.29. The Bertz CT molecular complexity index is 355. The topological polar surface area (TPSA) is 59.0 Å². The van der Waals surface area contributed by atoms with Gasteiger partial charge in [0.1, 0.15) is 0 Å². The molecule has 0 saturated carbocycles. The van der Waals surface area contributed by atoms with Crippen LogP contribution >= 0.6 is 0 Å². The monoisotopic (exact) mass is 222 g/mol. The zero-order valence-corrected chi connectivity index (χ0v) is 9.57. The Morgan fingerprint density at radius 1 is 1.75 bits per heavy atom. The molecule has 1 aliphatic rings. The lowest BCUT2D eigenvalue weighted by Crippen LogP contribution is -2.31. The number of rotatable bonds is 4. The summed E-state index contributed by atoms with van der Waals surface area (Å²) < 4.78 is 1.73. The molecular formula is C11H18N4O. The maximum absolute atomic E-state index is 11.7. The smallest absolute Gasteiger partial charge is 0.287 e. The molecule has 0 spiro atoms. The van der Waals surface area contributed by atoms with E-state index in [1.165, 1.54) is 12.8 Å². The molecule has 0 radical (unpaired) electrons. The fourth-order valence-corrected chi connectivity index (χ4v) is 2.03. The van der Waals surface area contributed by atoms with Crippen LogP contribution in [0.5, 0.6) is 0 Å². The van der Waals surface area contributed by atoms with E-state index in [9.17, 15) is 4.79 Å². The Kier molecular flexibility index (Phi) is 3.56. The summed E-state index contributed by atoms with van der Waals surface area (Å²) in [5.74, 6) is 0.380. The average molecular weight is 222 g/mol. The van der Waals surface area contributed by atoms with Crippen molar-refractivity contribution in [3.63, 3.8) is 0 Å². The third-order valence-corrected chi connectivity index (χ3v) is 2.97. The molecule has 1 aliphatic heterocycles.